The van der Waals surface area contributed by atoms with Crippen molar-refractivity contribution in [2.24, 2.45) is 5.41 Å². The third-order valence-electron chi connectivity index (χ3n) is 4.78. The minimum absolute atomic E-state index is 0.106. The van der Waals surface area contributed by atoms with Gasteiger partial charge in [0.1, 0.15) is 16.6 Å². The van der Waals surface area contributed by atoms with Crippen molar-refractivity contribution in [3.8, 4) is 6.07 Å². The lowest BCUT2D eigenvalue weighted by Crippen LogP contribution is -2.38. The quantitative estimate of drug-likeness (QED) is 0.783. The van der Waals surface area contributed by atoms with Gasteiger partial charge in [-0.2, -0.15) is 5.26 Å². The van der Waals surface area contributed by atoms with Gasteiger partial charge in [-0.1, -0.05) is 0 Å². The monoisotopic (exact) mass is 322 g/mol. The van der Waals surface area contributed by atoms with Crippen molar-refractivity contribution in [2.75, 3.05) is 13.1 Å². The van der Waals surface area contributed by atoms with E-state index in [0.717, 1.165) is 28.5 Å². The number of hydrogen-bond donors (Lipinski definition) is 1. The van der Waals surface area contributed by atoms with Crippen LogP contribution in [0.25, 0.3) is 22.1 Å². The lowest BCUT2D eigenvalue weighted by atomic mass is 9.94. The van der Waals surface area contributed by atoms with Crippen LogP contribution in [0.15, 0.2) is 24.8 Å². The van der Waals surface area contributed by atoms with Crippen LogP contribution in [0.4, 0.5) is 0 Å². The standard InChI is InChI=1S/C17H18N6O/c1-17(2,9-18)16(24)22-6-4-11(8-22)23-10-21-13-7-20-15-12(14(13)23)3-5-19-15/h3,5,7,10-11H,4,6,8H2,1-2H3,(H,19,20). The van der Waals surface area contributed by atoms with Crippen LogP contribution in [0.5, 0.6) is 0 Å². The number of rotatable bonds is 2. The van der Waals surface area contributed by atoms with Crippen LogP contribution < -0.4 is 0 Å². The maximum absolute atomic E-state index is 12.5. The van der Waals surface area contributed by atoms with E-state index in [1.54, 1.807) is 24.9 Å². The highest BCUT2D eigenvalue weighted by atomic mass is 16.2. The average molecular weight is 322 g/mol. The summed E-state index contributed by atoms with van der Waals surface area (Å²) in [6.07, 6.45) is 6.31. The molecule has 4 heterocycles. The fourth-order valence-electron chi connectivity index (χ4n) is 3.40. The van der Waals surface area contributed by atoms with E-state index < -0.39 is 5.41 Å². The summed E-state index contributed by atoms with van der Waals surface area (Å²) in [6, 6.07) is 4.26. The van der Waals surface area contributed by atoms with Crippen molar-refractivity contribution < 1.29 is 4.79 Å². The SMILES string of the molecule is CC(C)(C#N)C(=O)N1CCC(n2cnc3cnc4[nH]ccc4c32)C1. The Kier molecular flexibility index (Phi) is 3.10. The fraction of sp³-hybridized carbons (Fsp3) is 0.412. The van der Waals surface area contributed by atoms with Crippen LogP contribution in [-0.4, -0.2) is 43.4 Å². The summed E-state index contributed by atoms with van der Waals surface area (Å²) >= 11 is 0. The molecule has 7 nitrogen and oxygen atoms in total. The Bertz CT molecular complexity index is 976. The first kappa shape index (κ1) is 14.7. The van der Waals surface area contributed by atoms with Crippen molar-refractivity contribution >= 4 is 28.0 Å². The Morgan fingerprint density at radius 2 is 2.29 bits per heavy atom. The smallest absolute Gasteiger partial charge is 0.242 e. The zero-order valence-corrected chi connectivity index (χ0v) is 13.7. The van der Waals surface area contributed by atoms with E-state index in [9.17, 15) is 10.1 Å². The van der Waals surface area contributed by atoms with Crippen LogP contribution in [0.3, 0.4) is 0 Å². The van der Waals surface area contributed by atoms with E-state index in [0.29, 0.717) is 13.1 Å². The average Bonchev–Trinajstić information content (AvgIpc) is 3.30. The number of carbonyl (C=O) groups is 1. The van der Waals surface area contributed by atoms with Crippen LogP contribution in [0, 0.1) is 16.7 Å². The summed E-state index contributed by atoms with van der Waals surface area (Å²) in [4.78, 5) is 26.2. The summed E-state index contributed by atoms with van der Waals surface area (Å²) < 4.78 is 2.14. The van der Waals surface area contributed by atoms with Gasteiger partial charge in [-0.05, 0) is 26.3 Å². The number of pyridine rings is 1. The molecule has 1 saturated heterocycles. The number of fused-ring (bicyclic) bond motifs is 3. The molecule has 0 spiro atoms. The van der Waals surface area contributed by atoms with Crippen molar-refractivity contribution in [2.45, 2.75) is 26.3 Å². The van der Waals surface area contributed by atoms with Gasteiger partial charge in [0.15, 0.2) is 0 Å². The summed E-state index contributed by atoms with van der Waals surface area (Å²) in [7, 11) is 0. The molecule has 3 aromatic rings. The summed E-state index contributed by atoms with van der Waals surface area (Å²) in [5.41, 5.74) is 1.74. The van der Waals surface area contributed by atoms with E-state index in [4.69, 9.17) is 0 Å². The third kappa shape index (κ3) is 2.07. The predicted molar refractivity (Wildman–Crippen MR) is 89.0 cm³/mol. The molecule has 4 rings (SSSR count). The Hall–Kier alpha value is -2.88. The number of imidazole rings is 1. The number of hydrogen-bond acceptors (Lipinski definition) is 4. The molecule has 0 bridgehead atoms. The number of nitrogens with zero attached hydrogens (tertiary/aromatic N) is 5. The number of nitrogens with one attached hydrogen (secondary N) is 1. The number of carbonyl (C=O) groups excluding carboxylic acids is 1. The number of aromatic amines is 1. The largest absolute Gasteiger partial charge is 0.346 e. The molecule has 1 amide bonds. The first-order chi connectivity index (χ1) is 11.5. The molecule has 1 atom stereocenters. The van der Waals surface area contributed by atoms with E-state index in [1.165, 1.54) is 0 Å². The number of likely N-dealkylation sites (tertiary alicyclic amines) is 1. The minimum atomic E-state index is -0.982. The fourth-order valence-corrected chi connectivity index (χ4v) is 3.40. The van der Waals surface area contributed by atoms with Gasteiger partial charge in [-0.3, -0.25) is 4.79 Å². The first-order valence-corrected chi connectivity index (χ1v) is 8.00. The number of H-pyrrole nitrogens is 1. The zero-order chi connectivity index (χ0) is 16.9. The van der Waals surface area contributed by atoms with Crippen molar-refractivity contribution in [3.05, 3.63) is 24.8 Å². The Labute approximate surface area is 138 Å². The summed E-state index contributed by atoms with van der Waals surface area (Å²) in [5.74, 6) is -0.106. The maximum Gasteiger partial charge on any atom is 0.242 e. The van der Waals surface area contributed by atoms with E-state index in [1.807, 2.05) is 18.6 Å². The van der Waals surface area contributed by atoms with Crippen LogP contribution in [0.1, 0.15) is 26.3 Å². The highest BCUT2D eigenvalue weighted by molar-refractivity contribution is 6.01. The summed E-state index contributed by atoms with van der Waals surface area (Å²) in [5, 5.41) is 10.2. The molecule has 1 unspecified atom stereocenters. The molecule has 3 aromatic heterocycles. The van der Waals surface area contributed by atoms with Gasteiger partial charge in [0.25, 0.3) is 0 Å². The molecule has 7 heteroatoms. The normalized spacial score (nSPS) is 18.4. The van der Waals surface area contributed by atoms with Crippen molar-refractivity contribution in [1.82, 2.24) is 24.4 Å². The molecular formula is C17H18N6O. The number of amides is 1. The number of nitriles is 1. The Morgan fingerprint density at radius 3 is 3.08 bits per heavy atom. The minimum Gasteiger partial charge on any atom is -0.346 e. The molecule has 0 aliphatic carbocycles. The van der Waals surface area contributed by atoms with Crippen LogP contribution in [0.2, 0.25) is 0 Å². The second kappa shape index (κ2) is 5.06. The lowest BCUT2D eigenvalue weighted by Gasteiger charge is -2.23. The molecule has 1 N–H and O–H groups in total. The number of aromatic nitrogens is 4. The first-order valence-electron chi connectivity index (χ1n) is 8.00. The van der Waals surface area contributed by atoms with Crippen LogP contribution >= 0.6 is 0 Å². The third-order valence-corrected chi connectivity index (χ3v) is 4.78. The molecule has 0 saturated carbocycles. The van der Waals surface area contributed by atoms with Crippen molar-refractivity contribution in [3.63, 3.8) is 0 Å². The molecule has 0 radical (unpaired) electrons. The van der Waals surface area contributed by atoms with Crippen LogP contribution in [-0.2, 0) is 4.79 Å². The zero-order valence-electron chi connectivity index (χ0n) is 13.7. The molecule has 1 fully saturated rings. The maximum atomic E-state index is 12.5. The van der Waals surface area contributed by atoms with Gasteiger partial charge in [0.05, 0.1) is 30.2 Å². The van der Waals surface area contributed by atoms with E-state index in [2.05, 4.69) is 25.6 Å². The molecule has 122 valence electrons. The second-order valence-corrected chi connectivity index (χ2v) is 6.81. The topological polar surface area (TPSA) is 90.6 Å². The van der Waals surface area contributed by atoms with E-state index >= 15 is 0 Å². The highest BCUT2D eigenvalue weighted by Crippen LogP contribution is 2.31. The lowest BCUT2D eigenvalue weighted by molar-refractivity contribution is -0.136. The highest BCUT2D eigenvalue weighted by Gasteiger charge is 2.36. The molecule has 24 heavy (non-hydrogen) atoms. The van der Waals surface area contributed by atoms with E-state index in [-0.39, 0.29) is 11.9 Å². The second-order valence-electron chi connectivity index (χ2n) is 6.81. The molecular weight excluding hydrogens is 304 g/mol. The van der Waals surface area contributed by atoms with Gasteiger partial charge in [-0.25, -0.2) is 9.97 Å². The Morgan fingerprint density at radius 1 is 1.46 bits per heavy atom. The van der Waals surface area contributed by atoms with Gasteiger partial charge < -0.3 is 14.5 Å². The van der Waals surface area contributed by atoms with Crippen molar-refractivity contribution in [1.29, 1.82) is 5.26 Å². The molecule has 0 aromatic carbocycles. The van der Waals surface area contributed by atoms with Gasteiger partial charge >= 0.3 is 0 Å². The van der Waals surface area contributed by atoms with Gasteiger partial charge in [0, 0.05) is 24.7 Å². The van der Waals surface area contributed by atoms with Gasteiger partial charge in [0.2, 0.25) is 5.91 Å². The van der Waals surface area contributed by atoms with Gasteiger partial charge in [-0.15, -0.1) is 0 Å². The molecule has 1 aliphatic rings. The summed E-state index contributed by atoms with van der Waals surface area (Å²) in [6.45, 7) is 4.61. The predicted octanol–water partition coefficient (Wildman–Crippen LogP) is 2.24. The molecule has 1 aliphatic heterocycles. The Balaban J connectivity index is 1.69.